The zero-order valence-corrected chi connectivity index (χ0v) is 21.1. The third kappa shape index (κ3) is 6.30. The predicted molar refractivity (Wildman–Crippen MR) is 137 cm³/mol. The summed E-state index contributed by atoms with van der Waals surface area (Å²) < 4.78 is 27.9. The molecular formula is C26H26Cl2F2N2OS. The molecule has 4 rings (SSSR count). The van der Waals surface area contributed by atoms with Gasteiger partial charge in [-0.3, -0.25) is 4.79 Å². The largest absolute Gasteiger partial charge is 0.345 e. The van der Waals surface area contributed by atoms with E-state index >= 15 is 0 Å². The third-order valence-electron chi connectivity index (χ3n) is 5.81. The Morgan fingerprint density at radius 3 is 2.56 bits per heavy atom. The second kappa shape index (κ2) is 12.0. The summed E-state index contributed by atoms with van der Waals surface area (Å²) in [5, 5.41) is 6.89. The molecule has 8 heteroatoms. The minimum atomic E-state index is -0.570. The van der Waals surface area contributed by atoms with Crippen molar-refractivity contribution < 1.29 is 13.6 Å². The quantitative estimate of drug-likeness (QED) is 0.362. The fourth-order valence-corrected chi connectivity index (χ4v) is 5.41. The number of hydrogen-bond acceptors (Lipinski definition) is 3. The lowest BCUT2D eigenvalue weighted by Crippen LogP contribution is -2.27. The van der Waals surface area contributed by atoms with Gasteiger partial charge < -0.3 is 10.6 Å². The molecule has 0 spiro atoms. The van der Waals surface area contributed by atoms with Crippen molar-refractivity contribution in [3.8, 4) is 0 Å². The molecule has 180 valence electrons. The second-order valence-corrected chi connectivity index (χ2v) is 9.51. The molecule has 34 heavy (non-hydrogen) atoms. The van der Waals surface area contributed by atoms with E-state index in [0.29, 0.717) is 10.8 Å². The SMILES string of the molecule is CC(NC(=O)c1ccc(CSc2c(Cl)ccc3c2CCNCC3)cc1F)c1ccc(F)cc1.Cl. The molecule has 3 aromatic carbocycles. The molecule has 0 radical (unpaired) electrons. The van der Waals surface area contributed by atoms with Gasteiger partial charge in [0.25, 0.3) is 5.91 Å². The zero-order chi connectivity index (χ0) is 23.4. The summed E-state index contributed by atoms with van der Waals surface area (Å²) >= 11 is 8.10. The maximum Gasteiger partial charge on any atom is 0.254 e. The number of carbonyl (C=O) groups excluding carboxylic acids is 1. The first-order valence-corrected chi connectivity index (χ1v) is 12.3. The van der Waals surface area contributed by atoms with Crippen LogP contribution in [0.2, 0.25) is 5.02 Å². The Bertz CT molecular complexity index is 1160. The van der Waals surface area contributed by atoms with Crippen molar-refractivity contribution in [2.24, 2.45) is 0 Å². The molecule has 0 saturated heterocycles. The van der Waals surface area contributed by atoms with E-state index in [1.807, 2.05) is 6.07 Å². The Balaban J connectivity index is 0.00000324. The molecule has 1 unspecified atom stereocenters. The van der Waals surface area contributed by atoms with Crippen LogP contribution in [-0.2, 0) is 18.6 Å². The van der Waals surface area contributed by atoms with Gasteiger partial charge in [0.05, 0.1) is 16.6 Å². The number of carbonyl (C=O) groups is 1. The Morgan fingerprint density at radius 2 is 1.82 bits per heavy atom. The van der Waals surface area contributed by atoms with Gasteiger partial charge in [-0.2, -0.15) is 0 Å². The molecule has 3 nitrogen and oxygen atoms in total. The van der Waals surface area contributed by atoms with Crippen LogP contribution in [0.4, 0.5) is 8.78 Å². The molecule has 3 aromatic rings. The summed E-state index contributed by atoms with van der Waals surface area (Å²) in [4.78, 5) is 13.6. The van der Waals surface area contributed by atoms with Gasteiger partial charge in [0.2, 0.25) is 0 Å². The van der Waals surface area contributed by atoms with Gasteiger partial charge in [0, 0.05) is 10.6 Å². The molecule has 1 heterocycles. The molecule has 1 amide bonds. The lowest BCUT2D eigenvalue weighted by atomic mass is 10.0. The average molecular weight is 523 g/mol. The second-order valence-electron chi connectivity index (χ2n) is 8.11. The fraction of sp³-hybridized carbons (Fsp3) is 0.269. The molecular weight excluding hydrogens is 497 g/mol. The minimum Gasteiger partial charge on any atom is -0.345 e. The topological polar surface area (TPSA) is 41.1 Å². The first-order valence-electron chi connectivity index (χ1n) is 10.9. The van der Waals surface area contributed by atoms with E-state index in [4.69, 9.17) is 11.6 Å². The van der Waals surface area contributed by atoms with Crippen molar-refractivity contribution in [2.75, 3.05) is 13.1 Å². The summed E-state index contributed by atoms with van der Waals surface area (Å²) in [6.07, 6.45) is 1.88. The van der Waals surface area contributed by atoms with Gasteiger partial charge in [-0.05, 0) is 85.4 Å². The summed E-state index contributed by atoms with van der Waals surface area (Å²) in [6.45, 7) is 3.64. The lowest BCUT2D eigenvalue weighted by molar-refractivity contribution is 0.0936. The standard InChI is InChI=1S/C26H25ClF2N2OS.ClH/c1-16(18-3-6-20(28)7-4-18)31-26(32)22-8-2-17(14-24(22)29)15-33-25-21-11-13-30-12-10-19(21)5-9-23(25)27;/h2-9,14,16,30H,10-13,15H2,1H3,(H,31,32);1H. The van der Waals surface area contributed by atoms with Gasteiger partial charge >= 0.3 is 0 Å². The van der Waals surface area contributed by atoms with Gasteiger partial charge in [0.1, 0.15) is 11.6 Å². The highest BCUT2D eigenvalue weighted by Gasteiger charge is 2.18. The Hall–Kier alpha value is -2.12. The van der Waals surface area contributed by atoms with E-state index in [-0.39, 0.29) is 29.8 Å². The van der Waals surface area contributed by atoms with Crippen molar-refractivity contribution in [1.82, 2.24) is 10.6 Å². The van der Waals surface area contributed by atoms with Crippen molar-refractivity contribution in [1.29, 1.82) is 0 Å². The number of halogens is 4. The third-order valence-corrected chi connectivity index (χ3v) is 7.47. The Kier molecular flexibility index (Phi) is 9.37. The first-order chi connectivity index (χ1) is 15.9. The van der Waals surface area contributed by atoms with E-state index in [1.165, 1.54) is 35.4 Å². The van der Waals surface area contributed by atoms with Gasteiger partial charge in [0.15, 0.2) is 0 Å². The molecule has 0 saturated carbocycles. The van der Waals surface area contributed by atoms with Crippen molar-refractivity contribution in [2.45, 2.75) is 36.5 Å². The molecule has 0 aromatic heterocycles. The van der Waals surface area contributed by atoms with Crippen LogP contribution in [0.3, 0.4) is 0 Å². The average Bonchev–Trinajstić information content (AvgIpc) is 3.04. The predicted octanol–water partition coefficient (Wildman–Crippen LogP) is 6.51. The van der Waals surface area contributed by atoms with Crippen LogP contribution >= 0.6 is 35.8 Å². The zero-order valence-electron chi connectivity index (χ0n) is 18.7. The van der Waals surface area contributed by atoms with Gasteiger partial charge in [-0.1, -0.05) is 35.9 Å². The van der Waals surface area contributed by atoms with Crippen molar-refractivity contribution in [3.63, 3.8) is 0 Å². The fourth-order valence-electron chi connectivity index (χ4n) is 3.96. The van der Waals surface area contributed by atoms with Crippen LogP contribution in [0.25, 0.3) is 0 Å². The van der Waals surface area contributed by atoms with Crippen LogP contribution < -0.4 is 10.6 Å². The molecule has 1 aliphatic rings. The lowest BCUT2D eigenvalue weighted by Gasteiger charge is -2.16. The number of hydrogen-bond donors (Lipinski definition) is 2. The summed E-state index contributed by atoms with van der Waals surface area (Å²) in [6, 6.07) is 14.2. The maximum absolute atomic E-state index is 14.8. The summed E-state index contributed by atoms with van der Waals surface area (Å²) in [5.74, 6) is -0.873. The van der Waals surface area contributed by atoms with E-state index in [2.05, 4.69) is 16.7 Å². The van der Waals surface area contributed by atoms with Crippen LogP contribution in [0.5, 0.6) is 0 Å². The van der Waals surface area contributed by atoms with Crippen LogP contribution in [-0.4, -0.2) is 19.0 Å². The first kappa shape index (κ1) is 26.5. The monoisotopic (exact) mass is 522 g/mol. The van der Waals surface area contributed by atoms with E-state index in [0.717, 1.165) is 42.0 Å². The molecule has 2 N–H and O–H groups in total. The van der Waals surface area contributed by atoms with Gasteiger partial charge in [-0.25, -0.2) is 8.78 Å². The van der Waals surface area contributed by atoms with Crippen LogP contribution in [0, 0.1) is 11.6 Å². The number of nitrogens with one attached hydrogen (secondary N) is 2. The highest BCUT2D eigenvalue weighted by atomic mass is 35.5. The van der Waals surface area contributed by atoms with E-state index in [1.54, 1.807) is 36.9 Å². The van der Waals surface area contributed by atoms with E-state index < -0.39 is 11.7 Å². The number of benzene rings is 3. The Morgan fingerprint density at radius 1 is 1.09 bits per heavy atom. The Labute approximate surface area is 214 Å². The van der Waals surface area contributed by atoms with Crippen LogP contribution in [0.1, 0.15) is 45.6 Å². The molecule has 1 atom stereocenters. The molecule has 0 aliphatic carbocycles. The van der Waals surface area contributed by atoms with Crippen molar-refractivity contribution in [3.05, 3.63) is 99.1 Å². The summed E-state index contributed by atoms with van der Waals surface area (Å²) in [5.41, 5.74) is 4.08. The number of thioether (sulfide) groups is 1. The maximum atomic E-state index is 14.8. The van der Waals surface area contributed by atoms with Gasteiger partial charge in [-0.15, -0.1) is 24.2 Å². The highest BCUT2D eigenvalue weighted by molar-refractivity contribution is 7.98. The number of fused-ring (bicyclic) bond motifs is 1. The molecule has 1 aliphatic heterocycles. The number of rotatable bonds is 6. The smallest absolute Gasteiger partial charge is 0.254 e. The van der Waals surface area contributed by atoms with E-state index in [9.17, 15) is 13.6 Å². The van der Waals surface area contributed by atoms with Crippen LogP contribution in [0.15, 0.2) is 59.5 Å². The van der Waals surface area contributed by atoms with Crippen molar-refractivity contribution >= 4 is 41.7 Å². The molecule has 0 fully saturated rings. The normalized spacial score (nSPS) is 13.9. The minimum absolute atomic E-state index is 0. The molecule has 0 bridgehead atoms. The highest BCUT2D eigenvalue weighted by Crippen LogP contribution is 2.36. The summed E-state index contributed by atoms with van der Waals surface area (Å²) in [7, 11) is 0. The number of amides is 1.